The van der Waals surface area contributed by atoms with E-state index in [0.717, 1.165) is 12.8 Å². The molecular weight excluding hydrogens is 262 g/mol. The Morgan fingerprint density at radius 1 is 0.905 bits per heavy atom. The van der Waals surface area contributed by atoms with Crippen LogP contribution >= 0.6 is 0 Å². The van der Waals surface area contributed by atoms with Gasteiger partial charge >= 0.3 is 0 Å². The predicted molar refractivity (Wildman–Crippen MR) is 89.1 cm³/mol. The first-order chi connectivity index (χ1) is 10.3. The van der Waals surface area contributed by atoms with Crippen molar-refractivity contribution < 1.29 is 4.79 Å². The van der Waals surface area contributed by atoms with E-state index in [1.807, 2.05) is 6.07 Å². The molecule has 0 unspecified atom stereocenters. The molecule has 0 saturated carbocycles. The van der Waals surface area contributed by atoms with Crippen LogP contribution in [0.1, 0.15) is 71.1 Å². The minimum absolute atomic E-state index is 0.329. The number of carbonyl (C=O) groups excluding carboxylic acids is 1. The Morgan fingerprint density at radius 3 is 2.00 bits per heavy atom. The van der Waals surface area contributed by atoms with Crippen LogP contribution in [0.2, 0.25) is 0 Å². The van der Waals surface area contributed by atoms with Crippen molar-refractivity contribution in [2.24, 2.45) is 0 Å². The normalized spacial score (nSPS) is 10.6. The van der Waals surface area contributed by atoms with Crippen LogP contribution in [0.4, 0.5) is 5.69 Å². The molecule has 0 fully saturated rings. The second kappa shape index (κ2) is 11.3. The summed E-state index contributed by atoms with van der Waals surface area (Å²) < 4.78 is 0. The number of nitrogens with zero attached hydrogens (tertiary/aromatic N) is 1. The van der Waals surface area contributed by atoms with Gasteiger partial charge in [0.05, 0.1) is 0 Å². The average molecular weight is 290 g/mol. The van der Waals surface area contributed by atoms with Gasteiger partial charge in [0.1, 0.15) is 0 Å². The van der Waals surface area contributed by atoms with E-state index in [1.54, 1.807) is 24.3 Å². The third-order valence-electron chi connectivity index (χ3n) is 3.71. The fourth-order valence-electron chi connectivity index (χ4n) is 2.40. The number of rotatable bonds is 11. The van der Waals surface area contributed by atoms with Crippen molar-refractivity contribution >= 4 is 11.6 Å². The van der Waals surface area contributed by atoms with Crippen molar-refractivity contribution in [3.05, 3.63) is 35.5 Å². The summed E-state index contributed by atoms with van der Waals surface area (Å²) in [5, 5.41) is 12.3. The van der Waals surface area contributed by atoms with E-state index in [2.05, 4.69) is 6.92 Å². The van der Waals surface area contributed by atoms with Crippen LogP contribution in [0.3, 0.4) is 0 Å². The van der Waals surface area contributed by atoms with E-state index in [4.69, 9.17) is 0 Å². The standard InChI is InChI=1S/C18H28NO2/c1-2-3-4-5-6-7-8-9-13-16-18(20)19(21)17-14-11-10-12-15-17/h10-12,14-15H,2-9,13,16H2,1H3/q-1. The summed E-state index contributed by atoms with van der Waals surface area (Å²) in [6.45, 7) is 2.23. The minimum Gasteiger partial charge on any atom is -0.752 e. The molecule has 0 radical (unpaired) electrons. The minimum atomic E-state index is -0.329. The summed E-state index contributed by atoms with van der Waals surface area (Å²) in [6.07, 6.45) is 11.2. The van der Waals surface area contributed by atoms with Crippen molar-refractivity contribution in [3.8, 4) is 0 Å². The van der Waals surface area contributed by atoms with Gasteiger partial charge in [0.15, 0.2) is 0 Å². The Hall–Kier alpha value is -1.35. The summed E-state index contributed by atoms with van der Waals surface area (Å²) in [5.74, 6) is -0.329. The zero-order chi connectivity index (χ0) is 15.3. The van der Waals surface area contributed by atoms with Crippen molar-refractivity contribution in [3.63, 3.8) is 0 Å². The third-order valence-corrected chi connectivity index (χ3v) is 3.71. The number of carbonyl (C=O) groups is 1. The van der Waals surface area contributed by atoms with E-state index >= 15 is 0 Å². The van der Waals surface area contributed by atoms with Crippen LogP contribution in [-0.2, 0) is 4.79 Å². The molecule has 0 spiro atoms. The zero-order valence-electron chi connectivity index (χ0n) is 13.2. The number of unbranched alkanes of at least 4 members (excludes halogenated alkanes) is 8. The Bertz CT molecular complexity index is 378. The molecule has 0 aliphatic heterocycles. The van der Waals surface area contributed by atoms with E-state index in [1.165, 1.54) is 44.9 Å². The highest BCUT2D eigenvalue weighted by Gasteiger charge is 2.05. The lowest BCUT2D eigenvalue weighted by molar-refractivity contribution is -0.118. The van der Waals surface area contributed by atoms with Crippen molar-refractivity contribution in [1.82, 2.24) is 0 Å². The fourth-order valence-corrected chi connectivity index (χ4v) is 2.40. The predicted octanol–water partition coefficient (Wildman–Crippen LogP) is 5.44. The summed E-state index contributed by atoms with van der Waals surface area (Å²) in [7, 11) is 0. The van der Waals surface area contributed by atoms with Gasteiger partial charge in [0.2, 0.25) is 5.91 Å². The number of hydrogen-bond acceptors (Lipinski definition) is 2. The number of hydrogen-bond donors (Lipinski definition) is 0. The van der Waals surface area contributed by atoms with Crippen LogP contribution in [0, 0.1) is 5.21 Å². The van der Waals surface area contributed by atoms with Gasteiger partial charge in [0.25, 0.3) is 0 Å². The van der Waals surface area contributed by atoms with E-state index in [-0.39, 0.29) is 5.91 Å². The van der Waals surface area contributed by atoms with Gasteiger partial charge in [-0.25, -0.2) is 0 Å². The number of anilines is 1. The molecule has 1 amide bonds. The summed E-state index contributed by atoms with van der Waals surface area (Å²) >= 11 is 0. The van der Waals surface area contributed by atoms with Crippen molar-refractivity contribution in [2.75, 3.05) is 5.06 Å². The fraction of sp³-hybridized carbons (Fsp3) is 0.611. The van der Waals surface area contributed by atoms with Gasteiger partial charge in [0, 0.05) is 12.1 Å². The van der Waals surface area contributed by atoms with Crippen LogP contribution in [-0.4, -0.2) is 5.91 Å². The average Bonchev–Trinajstić information content (AvgIpc) is 2.53. The summed E-state index contributed by atoms with van der Waals surface area (Å²) in [5.41, 5.74) is 0.429. The van der Waals surface area contributed by atoms with Gasteiger partial charge in [-0.2, -0.15) is 0 Å². The molecule has 1 aromatic carbocycles. The van der Waals surface area contributed by atoms with E-state index in [9.17, 15) is 10.0 Å². The maximum absolute atomic E-state index is 11.8. The summed E-state index contributed by atoms with van der Waals surface area (Å²) in [4.78, 5) is 11.8. The van der Waals surface area contributed by atoms with E-state index < -0.39 is 0 Å². The molecule has 0 aliphatic rings. The maximum Gasteiger partial charge on any atom is 0.216 e. The van der Waals surface area contributed by atoms with Gasteiger partial charge < -0.3 is 10.3 Å². The second-order valence-electron chi connectivity index (χ2n) is 5.60. The van der Waals surface area contributed by atoms with Crippen molar-refractivity contribution in [2.45, 2.75) is 71.1 Å². The Kier molecular flexibility index (Phi) is 9.55. The maximum atomic E-state index is 11.8. The SMILES string of the molecule is CCCCCCCCCCCC(=O)N([O-])c1ccccc1. The third kappa shape index (κ3) is 7.86. The van der Waals surface area contributed by atoms with Gasteiger partial charge in [-0.3, -0.25) is 4.79 Å². The van der Waals surface area contributed by atoms with E-state index in [0.29, 0.717) is 17.2 Å². The molecule has 1 rings (SSSR count). The Morgan fingerprint density at radius 2 is 1.43 bits per heavy atom. The number of amides is 1. The molecule has 3 nitrogen and oxygen atoms in total. The van der Waals surface area contributed by atoms with Gasteiger partial charge in [-0.1, -0.05) is 76.5 Å². The lowest BCUT2D eigenvalue weighted by Crippen LogP contribution is -2.23. The molecule has 0 bridgehead atoms. The quantitative estimate of drug-likeness (QED) is 0.402. The first-order valence-electron chi connectivity index (χ1n) is 8.31. The second-order valence-corrected chi connectivity index (χ2v) is 5.60. The van der Waals surface area contributed by atoms with Crippen molar-refractivity contribution in [1.29, 1.82) is 0 Å². The summed E-state index contributed by atoms with van der Waals surface area (Å²) in [6, 6.07) is 8.71. The zero-order valence-corrected chi connectivity index (χ0v) is 13.2. The monoisotopic (exact) mass is 290 g/mol. The molecular formula is C18H28NO2-. The molecule has 0 aromatic heterocycles. The molecule has 3 heteroatoms. The van der Waals surface area contributed by atoms with Gasteiger partial charge in [-0.15, -0.1) is 0 Å². The van der Waals surface area contributed by atoms with Crippen LogP contribution in [0.5, 0.6) is 0 Å². The Labute approximate surface area is 128 Å². The largest absolute Gasteiger partial charge is 0.752 e. The number of para-hydroxylation sites is 1. The number of benzene rings is 1. The lowest BCUT2D eigenvalue weighted by Gasteiger charge is -2.28. The molecule has 0 atom stereocenters. The highest BCUT2D eigenvalue weighted by atomic mass is 16.5. The van der Waals surface area contributed by atoms with Crippen LogP contribution in [0.15, 0.2) is 30.3 Å². The molecule has 0 heterocycles. The first-order valence-corrected chi connectivity index (χ1v) is 8.31. The molecule has 21 heavy (non-hydrogen) atoms. The number of hydroxylamine groups is 1. The molecule has 0 N–H and O–H groups in total. The first kappa shape index (κ1) is 17.7. The highest BCUT2D eigenvalue weighted by Crippen LogP contribution is 2.15. The molecule has 118 valence electrons. The van der Waals surface area contributed by atoms with Crippen LogP contribution < -0.4 is 5.06 Å². The topological polar surface area (TPSA) is 43.4 Å². The highest BCUT2D eigenvalue weighted by molar-refractivity contribution is 5.93. The molecule has 0 aliphatic carbocycles. The Balaban J connectivity index is 2.03. The molecule has 1 aromatic rings. The molecule has 0 saturated heterocycles. The smallest absolute Gasteiger partial charge is 0.216 e. The van der Waals surface area contributed by atoms with Crippen LogP contribution in [0.25, 0.3) is 0 Å². The van der Waals surface area contributed by atoms with Gasteiger partial charge in [-0.05, 0) is 18.6 Å². The lowest BCUT2D eigenvalue weighted by atomic mass is 10.1.